The van der Waals surface area contributed by atoms with Gasteiger partial charge in [-0.05, 0) is 20.9 Å². The Morgan fingerprint density at radius 2 is 2.11 bits per heavy atom. The van der Waals surface area contributed by atoms with Crippen LogP contribution in [0.25, 0.3) is 0 Å². The van der Waals surface area contributed by atoms with E-state index in [4.69, 9.17) is 5.84 Å². The Bertz CT molecular complexity index is 437. The van der Waals surface area contributed by atoms with Crippen molar-refractivity contribution in [3.8, 4) is 0 Å². The summed E-state index contributed by atoms with van der Waals surface area (Å²) in [6.45, 7) is 5.66. The zero-order valence-corrected chi connectivity index (χ0v) is 11.4. The normalized spacial score (nSPS) is 10.8. The average Bonchev–Trinajstić information content (AvgIpc) is 2.37. The predicted octanol–water partition coefficient (Wildman–Crippen LogP) is 1.03. The fraction of sp³-hybridized carbons (Fsp3) is 0.545. The molecule has 0 spiro atoms. The highest BCUT2D eigenvalue weighted by Gasteiger charge is 2.11. The highest BCUT2D eigenvalue weighted by molar-refractivity contribution is 5.54. The lowest BCUT2D eigenvalue weighted by atomic mass is 10.3. The first kappa shape index (κ1) is 15.1. The first-order valence-corrected chi connectivity index (χ1v) is 6.01. The van der Waals surface area contributed by atoms with E-state index in [9.17, 15) is 10.1 Å². The third-order valence-electron chi connectivity index (χ3n) is 2.82. The summed E-state index contributed by atoms with van der Waals surface area (Å²) < 4.78 is 0. The van der Waals surface area contributed by atoms with Gasteiger partial charge in [-0.25, -0.2) is 10.8 Å². The van der Waals surface area contributed by atoms with E-state index in [0.717, 1.165) is 6.54 Å². The number of hydrazine groups is 1. The van der Waals surface area contributed by atoms with Crippen molar-refractivity contribution in [2.24, 2.45) is 5.84 Å². The molecule has 4 N–H and O–H groups in total. The van der Waals surface area contributed by atoms with Crippen LogP contribution in [0.1, 0.15) is 13.8 Å². The highest BCUT2D eigenvalue weighted by atomic mass is 16.6. The molecule has 1 rings (SSSR count). The van der Waals surface area contributed by atoms with Crippen molar-refractivity contribution < 1.29 is 4.92 Å². The van der Waals surface area contributed by atoms with Gasteiger partial charge in [0, 0.05) is 19.1 Å². The summed E-state index contributed by atoms with van der Waals surface area (Å²) in [5, 5.41) is 13.8. The van der Waals surface area contributed by atoms with Crippen LogP contribution in [-0.4, -0.2) is 41.0 Å². The number of hydrogen-bond acceptors (Lipinski definition) is 7. The lowest BCUT2D eigenvalue weighted by molar-refractivity contribution is -0.384. The molecule has 0 radical (unpaired) electrons. The standard InChI is InChI=1S/C11H20N6O2/c1-8(2)16(3)5-4-13-10-6-9(17(18)19)7-11(14-10)15-12/h6-8H,4-5,12H2,1-3H3,(H2,13,14,15). The molecule has 1 aromatic rings. The van der Waals surface area contributed by atoms with Crippen molar-refractivity contribution in [2.45, 2.75) is 19.9 Å². The largest absolute Gasteiger partial charge is 0.369 e. The molecular formula is C11H20N6O2. The molecule has 0 aliphatic heterocycles. The van der Waals surface area contributed by atoms with Crippen LogP contribution >= 0.6 is 0 Å². The van der Waals surface area contributed by atoms with Gasteiger partial charge in [0.15, 0.2) is 0 Å². The van der Waals surface area contributed by atoms with E-state index in [1.54, 1.807) is 0 Å². The lowest BCUT2D eigenvalue weighted by Crippen LogP contribution is -2.31. The number of nitrogens with one attached hydrogen (secondary N) is 2. The molecule has 1 heterocycles. The predicted molar refractivity (Wildman–Crippen MR) is 75.0 cm³/mol. The van der Waals surface area contributed by atoms with Crippen LogP contribution < -0.4 is 16.6 Å². The molecular weight excluding hydrogens is 248 g/mol. The summed E-state index contributed by atoms with van der Waals surface area (Å²) in [5.41, 5.74) is 2.26. The van der Waals surface area contributed by atoms with Crippen molar-refractivity contribution in [3.05, 3.63) is 22.2 Å². The number of hydrogen-bond donors (Lipinski definition) is 3. The summed E-state index contributed by atoms with van der Waals surface area (Å²) in [6.07, 6.45) is 0. The molecule has 0 saturated carbocycles. The second kappa shape index (κ2) is 6.86. The molecule has 8 nitrogen and oxygen atoms in total. The molecule has 1 aromatic heterocycles. The van der Waals surface area contributed by atoms with Crippen molar-refractivity contribution in [3.63, 3.8) is 0 Å². The molecule has 0 aliphatic carbocycles. The van der Waals surface area contributed by atoms with Crippen LogP contribution in [0, 0.1) is 10.1 Å². The average molecular weight is 268 g/mol. The maximum absolute atomic E-state index is 10.8. The zero-order valence-electron chi connectivity index (χ0n) is 11.4. The van der Waals surface area contributed by atoms with E-state index >= 15 is 0 Å². The minimum Gasteiger partial charge on any atom is -0.369 e. The molecule has 8 heteroatoms. The van der Waals surface area contributed by atoms with Gasteiger partial charge in [-0.3, -0.25) is 10.1 Å². The molecule has 19 heavy (non-hydrogen) atoms. The Morgan fingerprint density at radius 1 is 1.47 bits per heavy atom. The molecule has 0 aliphatic rings. The van der Waals surface area contributed by atoms with Crippen LogP contribution in [-0.2, 0) is 0 Å². The van der Waals surface area contributed by atoms with E-state index in [1.165, 1.54) is 12.1 Å². The lowest BCUT2D eigenvalue weighted by Gasteiger charge is -2.21. The van der Waals surface area contributed by atoms with E-state index in [2.05, 4.69) is 34.5 Å². The van der Waals surface area contributed by atoms with Gasteiger partial charge >= 0.3 is 0 Å². The molecule has 0 saturated heterocycles. The van der Waals surface area contributed by atoms with E-state index < -0.39 is 4.92 Å². The summed E-state index contributed by atoms with van der Waals surface area (Å²) in [5.74, 6) is 5.92. The molecule has 0 atom stereocenters. The maximum atomic E-state index is 10.8. The number of likely N-dealkylation sites (N-methyl/N-ethyl adjacent to an activating group) is 1. The second-order valence-electron chi connectivity index (χ2n) is 4.50. The van der Waals surface area contributed by atoms with E-state index in [-0.39, 0.29) is 11.5 Å². The first-order valence-electron chi connectivity index (χ1n) is 6.01. The topological polar surface area (TPSA) is 109 Å². The molecule has 0 aromatic carbocycles. The van der Waals surface area contributed by atoms with Gasteiger partial charge in [0.25, 0.3) is 5.69 Å². The van der Waals surface area contributed by atoms with Gasteiger partial charge in [-0.15, -0.1) is 0 Å². The number of nitrogens with zero attached hydrogens (tertiary/aromatic N) is 3. The zero-order chi connectivity index (χ0) is 14.4. The number of aromatic nitrogens is 1. The Morgan fingerprint density at radius 3 is 2.63 bits per heavy atom. The van der Waals surface area contributed by atoms with Crippen molar-refractivity contribution in [1.29, 1.82) is 0 Å². The fourth-order valence-electron chi connectivity index (χ4n) is 1.40. The summed E-state index contributed by atoms with van der Waals surface area (Å²) in [7, 11) is 2.01. The highest BCUT2D eigenvalue weighted by Crippen LogP contribution is 2.19. The number of nitro groups is 1. The van der Waals surface area contributed by atoms with Crippen molar-refractivity contribution in [1.82, 2.24) is 9.88 Å². The van der Waals surface area contributed by atoms with Crippen LogP contribution in [0.5, 0.6) is 0 Å². The molecule has 106 valence electrons. The quantitative estimate of drug-likeness (QED) is 0.385. The van der Waals surface area contributed by atoms with Gasteiger partial charge in [0.1, 0.15) is 11.6 Å². The Balaban J connectivity index is 2.67. The molecule has 0 fully saturated rings. The number of pyridine rings is 1. The van der Waals surface area contributed by atoms with Crippen molar-refractivity contribution >= 4 is 17.3 Å². The minimum atomic E-state index is -0.478. The van der Waals surface area contributed by atoms with Gasteiger partial charge in [-0.2, -0.15) is 0 Å². The Hall–Kier alpha value is -1.93. The summed E-state index contributed by atoms with van der Waals surface area (Å²) >= 11 is 0. The first-order chi connectivity index (χ1) is 8.93. The number of nitrogen functional groups attached to an aromatic ring is 1. The summed E-state index contributed by atoms with van der Waals surface area (Å²) in [4.78, 5) is 16.6. The molecule has 0 unspecified atom stereocenters. The number of rotatable bonds is 7. The Kier molecular flexibility index (Phi) is 5.46. The molecule has 0 amide bonds. The van der Waals surface area contributed by atoms with Gasteiger partial charge < -0.3 is 15.6 Å². The van der Waals surface area contributed by atoms with Crippen LogP contribution in [0.2, 0.25) is 0 Å². The monoisotopic (exact) mass is 268 g/mol. The van der Waals surface area contributed by atoms with Crippen molar-refractivity contribution in [2.75, 3.05) is 30.9 Å². The van der Waals surface area contributed by atoms with Crippen LogP contribution in [0.4, 0.5) is 17.3 Å². The third kappa shape index (κ3) is 4.68. The van der Waals surface area contributed by atoms with Gasteiger partial charge in [0.2, 0.25) is 0 Å². The Labute approximate surface area is 112 Å². The third-order valence-corrected chi connectivity index (χ3v) is 2.82. The summed E-state index contributed by atoms with van der Waals surface area (Å²) in [6, 6.07) is 3.11. The minimum absolute atomic E-state index is 0.0531. The molecule has 0 bridgehead atoms. The van der Waals surface area contributed by atoms with Crippen LogP contribution in [0.15, 0.2) is 12.1 Å². The van der Waals surface area contributed by atoms with Crippen LogP contribution in [0.3, 0.4) is 0 Å². The smallest absolute Gasteiger partial charge is 0.276 e. The maximum Gasteiger partial charge on any atom is 0.276 e. The second-order valence-corrected chi connectivity index (χ2v) is 4.50. The SMILES string of the molecule is CC(C)N(C)CCNc1cc([N+](=O)[O-])cc(NN)n1. The number of nitrogens with two attached hydrogens (primary N) is 1. The van der Waals surface area contributed by atoms with E-state index in [0.29, 0.717) is 18.4 Å². The van der Waals surface area contributed by atoms with Gasteiger partial charge in [-0.1, -0.05) is 0 Å². The van der Waals surface area contributed by atoms with Gasteiger partial charge in [0.05, 0.1) is 17.1 Å². The number of anilines is 2. The fourth-order valence-corrected chi connectivity index (χ4v) is 1.40. The van der Waals surface area contributed by atoms with E-state index in [1.807, 2.05) is 7.05 Å².